The Hall–Kier alpha value is -2.40. The molecule has 3 aromatic rings. The molecule has 2 aromatic carbocycles. The Balaban J connectivity index is 1.93. The van der Waals surface area contributed by atoms with Gasteiger partial charge in [-0.05, 0) is 30.3 Å². The largest absolute Gasteiger partial charge is 0.477 e. The maximum atomic E-state index is 11.1. The van der Waals surface area contributed by atoms with E-state index in [0.29, 0.717) is 0 Å². The number of ether oxygens (including phenoxy) is 1. The fraction of sp³-hybridized carbons (Fsp3) is 0. The first-order valence-corrected chi connectivity index (χ1v) is 6.88. The maximum absolute atomic E-state index is 11.1. The molecular formula is C15H9NO3S. The standard InChI is InChI=1S/C15H9NO3S/c17-15(18)10-7-8-9(16-10)5-6-13-14(8)19-11-3-1-2-4-12(11)20-13/h1-7,16H,(H,17,18). The van der Waals surface area contributed by atoms with Crippen LogP contribution in [-0.4, -0.2) is 16.1 Å². The molecule has 20 heavy (non-hydrogen) atoms. The molecule has 0 radical (unpaired) electrons. The second-order valence-electron chi connectivity index (χ2n) is 4.49. The first kappa shape index (κ1) is 11.4. The maximum Gasteiger partial charge on any atom is 0.352 e. The van der Waals surface area contributed by atoms with Gasteiger partial charge < -0.3 is 14.8 Å². The summed E-state index contributed by atoms with van der Waals surface area (Å²) in [6.07, 6.45) is 0. The first-order valence-electron chi connectivity index (χ1n) is 6.06. The molecule has 1 aliphatic heterocycles. The second-order valence-corrected chi connectivity index (χ2v) is 5.58. The van der Waals surface area contributed by atoms with Crippen molar-refractivity contribution in [1.82, 2.24) is 4.98 Å². The molecule has 4 nitrogen and oxygen atoms in total. The number of carboxylic acid groups (broad SMARTS) is 1. The average molecular weight is 283 g/mol. The van der Waals surface area contributed by atoms with Gasteiger partial charge in [-0.2, -0.15) is 0 Å². The predicted octanol–water partition coefficient (Wildman–Crippen LogP) is 4.12. The van der Waals surface area contributed by atoms with Crippen molar-refractivity contribution in [2.45, 2.75) is 9.79 Å². The Morgan fingerprint density at radius 2 is 2.00 bits per heavy atom. The van der Waals surface area contributed by atoms with Crippen molar-refractivity contribution >= 4 is 28.6 Å². The van der Waals surface area contributed by atoms with Crippen molar-refractivity contribution in [2.24, 2.45) is 0 Å². The van der Waals surface area contributed by atoms with E-state index >= 15 is 0 Å². The third-order valence-electron chi connectivity index (χ3n) is 3.23. The Labute approximate surface area is 118 Å². The van der Waals surface area contributed by atoms with Crippen molar-refractivity contribution in [2.75, 3.05) is 0 Å². The van der Waals surface area contributed by atoms with E-state index in [4.69, 9.17) is 9.84 Å². The molecule has 1 aliphatic rings. The summed E-state index contributed by atoms with van der Waals surface area (Å²) in [5, 5.41) is 9.86. The molecule has 0 aliphatic carbocycles. The van der Waals surface area contributed by atoms with Crippen LogP contribution in [0.1, 0.15) is 10.5 Å². The van der Waals surface area contributed by atoms with E-state index in [0.717, 1.165) is 32.2 Å². The second kappa shape index (κ2) is 4.05. The van der Waals surface area contributed by atoms with E-state index < -0.39 is 5.97 Å². The van der Waals surface area contributed by atoms with Gasteiger partial charge in [0.25, 0.3) is 0 Å². The quantitative estimate of drug-likeness (QED) is 0.551. The summed E-state index contributed by atoms with van der Waals surface area (Å²) in [5.41, 5.74) is 0.932. The molecule has 4 rings (SSSR count). The minimum atomic E-state index is -0.973. The number of nitrogens with one attached hydrogen (secondary N) is 1. The van der Waals surface area contributed by atoms with Crippen LogP contribution >= 0.6 is 11.8 Å². The van der Waals surface area contributed by atoms with Gasteiger partial charge in [-0.15, -0.1) is 0 Å². The molecule has 2 N–H and O–H groups in total. The van der Waals surface area contributed by atoms with Gasteiger partial charge in [0.05, 0.1) is 9.79 Å². The molecule has 5 heteroatoms. The molecule has 0 saturated heterocycles. The zero-order valence-corrected chi connectivity index (χ0v) is 11.0. The highest BCUT2D eigenvalue weighted by atomic mass is 32.2. The lowest BCUT2D eigenvalue weighted by molar-refractivity contribution is 0.0691. The SMILES string of the molecule is O=C(O)c1cc2c3c(ccc2[nH]1)Sc1ccccc1O3. The van der Waals surface area contributed by atoms with Crippen LogP contribution in [0.3, 0.4) is 0 Å². The zero-order valence-electron chi connectivity index (χ0n) is 10.2. The number of hydrogen-bond acceptors (Lipinski definition) is 3. The van der Waals surface area contributed by atoms with Gasteiger partial charge in [0.15, 0.2) is 5.75 Å². The molecule has 0 unspecified atom stereocenters. The average Bonchev–Trinajstić information content (AvgIpc) is 2.90. The highest BCUT2D eigenvalue weighted by Gasteiger charge is 2.21. The van der Waals surface area contributed by atoms with Gasteiger partial charge in [-0.3, -0.25) is 0 Å². The van der Waals surface area contributed by atoms with Crippen molar-refractivity contribution in [3.05, 3.63) is 48.2 Å². The molecule has 0 atom stereocenters. The number of aromatic nitrogens is 1. The minimum Gasteiger partial charge on any atom is -0.477 e. The van der Waals surface area contributed by atoms with Crippen LogP contribution in [0.4, 0.5) is 0 Å². The Kier molecular flexibility index (Phi) is 2.31. The highest BCUT2D eigenvalue weighted by molar-refractivity contribution is 7.99. The van der Waals surface area contributed by atoms with E-state index in [1.165, 1.54) is 0 Å². The van der Waals surface area contributed by atoms with Crippen molar-refractivity contribution in [3.8, 4) is 11.5 Å². The van der Waals surface area contributed by atoms with Gasteiger partial charge in [0, 0.05) is 10.9 Å². The number of aromatic amines is 1. The van der Waals surface area contributed by atoms with E-state index in [2.05, 4.69) is 4.98 Å². The number of carbonyl (C=O) groups is 1. The lowest BCUT2D eigenvalue weighted by atomic mass is 10.2. The molecule has 0 amide bonds. The minimum absolute atomic E-state index is 0.167. The molecule has 0 fully saturated rings. The lowest BCUT2D eigenvalue weighted by Crippen LogP contribution is -1.95. The number of para-hydroxylation sites is 1. The number of rotatable bonds is 1. The number of aromatic carboxylic acids is 1. The molecule has 98 valence electrons. The Morgan fingerprint density at radius 1 is 1.15 bits per heavy atom. The summed E-state index contributed by atoms with van der Waals surface area (Å²) in [5.74, 6) is 0.546. The first-order chi connectivity index (χ1) is 9.72. The fourth-order valence-corrected chi connectivity index (χ4v) is 3.28. The highest BCUT2D eigenvalue weighted by Crippen LogP contribution is 2.49. The zero-order chi connectivity index (χ0) is 13.7. The van der Waals surface area contributed by atoms with Gasteiger partial charge in [0.2, 0.25) is 0 Å². The van der Waals surface area contributed by atoms with E-state index in [1.54, 1.807) is 17.8 Å². The normalized spacial score (nSPS) is 12.6. The van der Waals surface area contributed by atoms with Crippen LogP contribution in [0.15, 0.2) is 52.3 Å². The van der Waals surface area contributed by atoms with Crippen LogP contribution < -0.4 is 4.74 Å². The van der Waals surface area contributed by atoms with Gasteiger partial charge in [-0.1, -0.05) is 23.9 Å². The molecule has 0 bridgehead atoms. The molecule has 0 spiro atoms. The Bertz CT molecular complexity index is 853. The Morgan fingerprint density at radius 3 is 2.85 bits per heavy atom. The summed E-state index contributed by atoms with van der Waals surface area (Å²) in [7, 11) is 0. The van der Waals surface area contributed by atoms with Crippen LogP contribution in [0.2, 0.25) is 0 Å². The monoisotopic (exact) mass is 283 g/mol. The van der Waals surface area contributed by atoms with E-state index in [9.17, 15) is 4.79 Å². The van der Waals surface area contributed by atoms with Crippen LogP contribution in [0.5, 0.6) is 11.5 Å². The predicted molar refractivity (Wildman–Crippen MR) is 75.9 cm³/mol. The van der Waals surface area contributed by atoms with Crippen LogP contribution in [0, 0.1) is 0 Å². The fourth-order valence-electron chi connectivity index (χ4n) is 2.31. The van der Waals surface area contributed by atoms with Gasteiger partial charge in [-0.25, -0.2) is 4.79 Å². The molecule has 1 aromatic heterocycles. The summed E-state index contributed by atoms with van der Waals surface area (Å²) in [4.78, 5) is 16.0. The van der Waals surface area contributed by atoms with Gasteiger partial charge in [0.1, 0.15) is 11.4 Å². The number of carboxylic acids is 1. The smallest absolute Gasteiger partial charge is 0.352 e. The third kappa shape index (κ3) is 1.60. The summed E-state index contributed by atoms with van der Waals surface area (Å²) in [6.45, 7) is 0. The molecule has 0 saturated carbocycles. The summed E-state index contributed by atoms with van der Waals surface area (Å²) >= 11 is 1.63. The van der Waals surface area contributed by atoms with E-state index in [-0.39, 0.29) is 5.69 Å². The number of hydrogen-bond donors (Lipinski definition) is 2. The number of H-pyrrole nitrogens is 1. The topological polar surface area (TPSA) is 62.3 Å². The summed E-state index contributed by atoms with van der Waals surface area (Å²) < 4.78 is 5.95. The van der Waals surface area contributed by atoms with Crippen molar-refractivity contribution in [3.63, 3.8) is 0 Å². The third-order valence-corrected chi connectivity index (χ3v) is 4.33. The summed E-state index contributed by atoms with van der Waals surface area (Å²) in [6, 6.07) is 13.2. The van der Waals surface area contributed by atoms with Crippen LogP contribution in [-0.2, 0) is 0 Å². The lowest BCUT2D eigenvalue weighted by Gasteiger charge is -2.19. The van der Waals surface area contributed by atoms with Crippen LogP contribution in [0.25, 0.3) is 10.9 Å². The number of benzene rings is 2. The molecule has 2 heterocycles. The molecular weight excluding hydrogens is 274 g/mol. The van der Waals surface area contributed by atoms with Gasteiger partial charge >= 0.3 is 5.97 Å². The number of fused-ring (bicyclic) bond motifs is 4. The van der Waals surface area contributed by atoms with Crippen molar-refractivity contribution in [1.29, 1.82) is 0 Å². The van der Waals surface area contributed by atoms with Crippen molar-refractivity contribution < 1.29 is 14.6 Å². The van der Waals surface area contributed by atoms with E-state index in [1.807, 2.05) is 36.4 Å².